The molecule has 2 aromatic rings. The van der Waals surface area contributed by atoms with Gasteiger partial charge in [-0.15, -0.1) is 24.0 Å². The van der Waals surface area contributed by atoms with Gasteiger partial charge in [0.1, 0.15) is 5.82 Å². The Bertz CT molecular complexity index is 726. The highest BCUT2D eigenvalue weighted by molar-refractivity contribution is 14.0. The molecule has 0 aliphatic carbocycles. The molecule has 0 bridgehead atoms. The van der Waals surface area contributed by atoms with Crippen LogP contribution in [0.5, 0.6) is 0 Å². The number of hydrogen-bond donors (Lipinski definition) is 2. The lowest BCUT2D eigenvalue weighted by Gasteiger charge is -2.25. The number of pyridine rings is 1. The Hall–Kier alpha value is -1.71. The molecule has 0 spiro atoms. The number of nitrogens with zero attached hydrogens (tertiary/aromatic N) is 5. The van der Waals surface area contributed by atoms with Gasteiger partial charge in [0.2, 0.25) is 0 Å². The van der Waals surface area contributed by atoms with Gasteiger partial charge in [0.25, 0.3) is 0 Å². The van der Waals surface area contributed by atoms with Crippen LogP contribution in [0, 0.1) is 6.92 Å². The highest BCUT2D eigenvalue weighted by Gasteiger charge is 2.22. The molecule has 3 heterocycles. The molecule has 8 heteroatoms. The van der Waals surface area contributed by atoms with Gasteiger partial charge in [0.15, 0.2) is 11.8 Å². The first-order valence-electron chi connectivity index (χ1n) is 8.50. The number of rotatable bonds is 4. The van der Waals surface area contributed by atoms with Crippen molar-refractivity contribution in [1.82, 2.24) is 30.4 Å². The van der Waals surface area contributed by atoms with E-state index in [-0.39, 0.29) is 24.0 Å². The second-order valence-electron chi connectivity index (χ2n) is 6.05. The Morgan fingerprint density at radius 2 is 2.28 bits per heavy atom. The van der Waals surface area contributed by atoms with Crippen LogP contribution >= 0.6 is 24.0 Å². The van der Waals surface area contributed by atoms with Crippen molar-refractivity contribution in [2.75, 3.05) is 7.05 Å². The Kier molecular flexibility index (Phi) is 7.15. The average molecular weight is 455 g/mol. The summed E-state index contributed by atoms with van der Waals surface area (Å²) in [6.07, 6.45) is 4.68. The number of aromatic nitrogens is 4. The summed E-state index contributed by atoms with van der Waals surface area (Å²) in [6.45, 7) is 5.64. The molecular weight excluding hydrogens is 429 g/mol. The van der Waals surface area contributed by atoms with Gasteiger partial charge < -0.3 is 10.6 Å². The minimum Gasteiger partial charge on any atom is -0.352 e. The number of halogens is 1. The topological polar surface area (TPSA) is 80.0 Å². The Morgan fingerprint density at radius 1 is 1.44 bits per heavy atom. The zero-order chi connectivity index (χ0) is 16.9. The van der Waals surface area contributed by atoms with Crippen LogP contribution in [0.15, 0.2) is 23.3 Å². The van der Waals surface area contributed by atoms with E-state index in [1.807, 2.05) is 16.9 Å². The first-order chi connectivity index (χ1) is 11.7. The summed E-state index contributed by atoms with van der Waals surface area (Å²) < 4.78 is 2.02. The highest BCUT2D eigenvalue weighted by atomic mass is 127. The molecule has 0 aromatic carbocycles. The number of guanidine groups is 1. The Balaban J connectivity index is 0.00000225. The van der Waals surface area contributed by atoms with Crippen LogP contribution in [0.25, 0.3) is 0 Å². The number of fused-ring (bicyclic) bond motifs is 1. The van der Waals surface area contributed by atoms with Gasteiger partial charge >= 0.3 is 0 Å². The van der Waals surface area contributed by atoms with E-state index < -0.39 is 0 Å². The molecule has 0 saturated carbocycles. The molecule has 136 valence electrons. The van der Waals surface area contributed by atoms with Crippen LogP contribution in [0.2, 0.25) is 0 Å². The fourth-order valence-electron chi connectivity index (χ4n) is 2.89. The van der Waals surface area contributed by atoms with Gasteiger partial charge in [-0.25, -0.2) is 9.67 Å². The summed E-state index contributed by atoms with van der Waals surface area (Å²) in [5.41, 5.74) is 2.22. The Labute approximate surface area is 165 Å². The van der Waals surface area contributed by atoms with Gasteiger partial charge in [-0.3, -0.25) is 9.98 Å². The second-order valence-corrected chi connectivity index (χ2v) is 6.05. The predicted molar refractivity (Wildman–Crippen MR) is 109 cm³/mol. The lowest BCUT2D eigenvalue weighted by molar-refractivity contribution is 0.392. The molecule has 0 radical (unpaired) electrons. The number of aryl methyl sites for hydroxylation is 3. The van der Waals surface area contributed by atoms with Gasteiger partial charge in [-0.1, -0.05) is 13.0 Å². The van der Waals surface area contributed by atoms with Crippen molar-refractivity contribution in [2.24, 2.45) is 4.99 Å². The number of hydrogen-bond acceptors (Lipinski definition) is 4. The zero-order valence-electron chi connectivity index (χ0n) is 15.0. The van der Waals surface area contributed by atoms with Crippen LogP contribution in [0.1, 0.15) is 36.3 Å². The third kappa shape index (κ3) is 4.90. The summed E-state index contributed by atoms with van der Waals surface area (Å²) in [4.78, 5) is 13.3. The molecule has 0 saturated heterocycles. The summed E-state index contributed by atoms with van der Waals surface area (Å²) in [7, 11) is 1.79. The van der Waals surface area contributed by atoms with Crippen LogP contribution in [-0.4, -0.2) is 38.8 Å². The maximum atomic E-state index is 4.56. The van der Waals surface area contributed by atoms with Crippen molar-refractivity contribution in [1.29, 1.82) is 0 Å². The molecule has 1 atom stereocenters. The quantitative estimate of drug-likeness (QED) is 0.418. The third-order valence-electron chi connectivity index (χ3n) is 4.32. The van der Waals surface area contributed by atoms with E-state index in [0.29, 0.717) is 12.6 Å². The first kappa shape index (κ1) is 19.6. The summed E-state index contributed by atoms with van der Waals surface area (Å²) >= 11 is 0. The molecule has 0 fully saturated rings. The lowest BCUT2D eigenvalue weighted by Crippen LogP contribution is -2.46. The first-order valence-corrected chi connectivity index (χ1v) is 8.50. The maximum absolute atomic E-state index is 4.56. The van der Waals surface area contributed by atoms with Crippen molar-refractivity contribution in [2.45, 2.75) is 52.2 Å². The molecule has 0 amide bonds. The molecule has 2 N–H and O–H groups in total. The molecule has 7 nitrogen and oxygen atoms in total. The predicted octanol–water partition coefficient (Wildman–Crippen LogP) is 1.84. The SMILES string of the molecule is CCc1nc2n(n1)CC(NC(=NC)NCc1ncccc1C)CC2.I. The van der Waals surface area contributed by atoms with Crippen molar-refractivity contribution in [3.63, 3.8) is 0 Å². The van der Waals surface area contributed by atoms with E-state index in [1.54, 1.807) is 7.05 Å². The van der Waals surface area contributed by atoms with Crippen molar-refractivity contribution in [3.05, 3.63) is 41.2 Å². The highest BCUT2D eigenvalue weighted by Crippen LogP contribution is 2.13. The molecule has 3 rings (SSSR count). The van der Waals surface area contributed by atoms with Gasteiger partial charge in [-0.05, 0) is 25.0 Å². The number of aliphatic imine (C=N–C) groups is 1. The lowest BCUT2D eigenvalue weighted by atomic mass is 10.1. The summed E-state index contributed by atoms with van der Waals surface area (Å²) in [6, 6.07) is 4.33. The fourth-order valence-corrected chi connectivity index (χ4v) is 2.89. The van der Waals surface area contributed by atoms with Crippen molar-refractivity contribution >= 4 is 29.9 Å². The summed E-state index contributed by atoms with van der Waals surface area (Å²) in [5.74, 6) is 2.82. The molecular formula is C17H26IN7. The number of nitrogens with one attached hydrogen (secondary N) is 2. The van der Waals surface area contributed by atoms with E-state index in [2.05, 4.69) is 50.6 Å². The van der Waals surface area contributed by atoms with Gasteiger partial charge in [0.05, 0.1) is 18.8 Å². The van der Waals surface area contributed by atoms with Crippen LogP contribution in [0.4, 0.5) is 0 Å². The molecule has 1 unspecified atom stereocenters. The van der Waals surface area contributed by atoms with Gasteiger partial charge in [0, 0.05) is 32.1 Å². The van der Waals surface area contributed by atoms with E-state index in [9.17, 15) is 0 Å². The zero-order valence-corrected chi connectivity index (χ0v) is 17.3. The van der Waals surface area contributed by atoms with E-state index in [0.717, 1.165) is 49.1 Å². The van der Waals surface area contributed by atoms with Crippen LogP contribution < -0.4 is 10.6 Å². The third-order valence-corrected chi connectivity index (χ3v) is 4.32. The largest absolute Gasteiger partial charge is 0.352 e. The van der Waals surface area contributed by atoms with Crippen molar-refractivity contribution < 1.29 is 0 Å². The Morgan fingerprint density at radius 3 is 3.00 bits per heavy atom. The van der Waals surface area contributed by atoms with E-state index >= 15 is 0 Å². The van der Waals surface area contributed by atoms with E-state index in [1.165, 1.54) is 5.56 Å². The van der Waals surface area contributed by atoms with Gasteiger partial charge in [-0.2, -0.15) is 5.10 Å². The monoisotopic (exact) mass is 455 g/mol. The normalized spacial score (nSPS) is 16.8. The standard InChI is InChI=1S/C17H25N7.HI/c1-4-15-22-16-8-7-13(11-24(16)23-15)21-17(18-3)20-10-14-12(2)6-5-9-19-14;/h5-6,9,13H,4,7-8,10-11H2,1-3H3,(H2,18,20,21);1H. The minimum absolute atomic E-state index is 0. The molecule has 1 aliphatic heterocycles. The van der Waals surface area contributed by atoms with Crippen LogP contribution in [-0.2, 0) is 25.9 Å². The van der Waals surface area contributed by atoms with Crippen LogP contribution in [0.3, 0.4) is 0 Å². The second kappa shape index (κ2) is 9.12. The maximum Gasteiger partial charge on any atom is 0.191 e. The average Bonchev–Trinajstić information content (AvgIpc) is 3.02. The summed E-state index contributed by atoms with van der Waals surface area (Å²) in [5, 5.41) is 11.4. The molecule has 25 heavy (non-hydrogen) atoms. The smallest absolute Gasteiger partial charge is 0.191 e. The molecule has 1 aliphatic rings. The molecule has 2 aromatic heterocycles. The fraction of sp³-hybridized carbons (Fsp3) is 0.529. The van der Waals surface area contributed by atoms with Crippen molar-refractivity contribution in [3.8, 4) is 0 Å². The minimum atomic E-state index is 0. The van der Waals surface area contributed by atoms with E-state index in [4.69, 9.17) is 0 Å².